The number of rotatable bonds is 7. The second-order valence-electron chi connectivity index (χ2n) is 8.84. The monoisotopic (exact) mass is 488 g/mol. The van der Waals surface area contributed by atoms with Crippen molar-refractivity contribution in [3.63, 3.8) is 0 Å². The number of ketones is 1. The lowest BCUT2D eigenvalue weighted by molar-refractivity contribution is -0.157. The zero-order valence-corrected chi connectivity index (χ0v) is 20.6. The molecule has 0 amide bonds. The van der Waals surface area contributed by atoms with Crippen LogP contribution in [0.25, 0.3) is 11.1 Å². The minimum atomic E-state index is -1.88. The number of fused-ring (bicyclic) bond motifs is 2. The number of allylic oxidation sites excluding steroid dienone is 1. The van der Waals surface area contributed by atoms with Crippen LogP contribution in [0.5, 0.6) is 0 Å². The maximum absolute atomic E-state index is 14.6. The zero-order chi connectivity index (χ0) is 26.1. The lowest BCUT2D eigenvalue weighted by Gasteiger charge is -2.39. The average Bonchev–Trinajstić information content (AvgIpc) is 3.26. The van der Waals surface area contributed by atoms with Crippen LogP contribution >= 0.6 is 0 Å². The molecular weight excluding hydrogens is 460 g/mol. The van der Waals surface area contributed by atoms with Gasteiger partial charge in [0.05, 0.1) is 20.8 Å². The predicted octanol–water partition coefficient (Wildman–Crippen LogP) is 3.88. The summed E-state index contributed by atoms with van der Waals surface area (Å²) in [5.74, 6) is -4.38. The molecule has 186 valence electrons. The number of carbonyl (C=O) groups is 4. The van der Waals surface area contributed by atoms with Crippen LogP contribution in [0.3, 0.4) is 0 Å². The van der Waals surface area contributed by atoms with Gasteiger partial charge in [0, 0.05) is 12.0 Å². The van der Waals surface area contributed by atoms with Gasteiger partial charge in [-0.15, -0.1) is 0 Å². The van der Waals surface area contributed by atoms with E-state index in [9.17, 15) is 19.2 Å². The van der Waals surface area contributed by atoms with E-state index in [0.717, 1.165) is 0 Å². The van der Waals surface area contributed by atoms with Gasteiger partial charge in [0.15, 0.2) is 16.6 Å². The van der Waals surface area contributed by atoms with E-state index in [2.05, 4.69) is 0 Å². The molecule has 0 spiro atoms. The zero-order valence-electron chi connectivity index (χ0n) is 20.6. The Kier molecular flexibility index (Phi) is 6.67. The summed E-state index contributed by atoms with van der Waals surface area (Å²) in [5, 5.41) is 0. The highest BCUT2D eigenvalue weighted by Crippen LogP contribution is 2.72. The van der Waals surface area contributed by atoms with Gasteiger partial charge in [0.2, 0.25) is 0 Å². The van der Waals surface area contributed by atoms with Gasteiger partial charge in [-0.25, -0.2) is 4.79 Å². The molecule has 0 heterocycles. The van der Waals surface area contributed by atoms with Crippen LogP contribution in [-0.4, -0.2) is 44.5 Å². The van der Waals surface area contributed by atoms with E-state index in [1.807, 2.05) is 12.1 Å². The molecule has 7 heteroatoms. The molecule has 1 fully saturated rings. The molecule has 36 heavy (non-hydrogen) atoms. The SMILES string of the molecule is CCOC(=O)/C=C/C1C(C)[C@]2(C(=O)OC)C(=O)[C@@]1(C(=O)OC)C(c1ccccc1)=C2c1ccccc1. The summed E-state index contributed by atoms with van der Waals surface area (Å²) in [6, 6.07) is 18.0. The highest BCUT2D eigenvalue weighted by atomic mass is 16.5. The van der Waals surface area contributed by atoms with Gasteiger partial charge in [0.1, 0.15) is 0 Å². The quantitative estimate of drug-likeness (QED) is 0.253. The standard InChI is InChI=1S/C29H28O7/c1-5-36-22(30)17-16-21-18(2)28(26(32)34-3)23(19-12-8-6-9-13-19)24(20-14-10-7-11-15-20)29(21,25(28)31)27(33)35-4/h6-18,21H,5H2,1-4H3/b17-16+/t18?,21?,28-,29+/m1/s1. The van der Waals surface area contributed by atoms with Crippen LogP contribution in [0.1, 0.15) is 25.0 Å². The minimum Gasteiger partial charge on any atom is -0.468 e. The van der Waals surface area contributed by atoms with E-state index < -0.39 is 46.4 Å². The van der Waals surface area contributed by atoms with Gasteiger partial charge in [-0.1, -0.05) is 73.7 Å². The highest BCUT2D eigenvalue weighted by Gasteiger charge is 2.80. The lowest BCUT2D eigenvalue weighted by atomic mass is 9.61. The van der Waals surface area contributed by atoms with Crippen molar-refractivity contribution in [2.75, 3.05) is 20.8 Å². The number of hydrogen-bond acceptors (Lipinski definition) is 7. The Labute approximate surface area is 209 Å². The van der Waals surface area contributed by atoms with Gasteiger partial charge < -0.3 is 14.2 Å². The first-order valence-corrected chi connectivity index (χ1v) is 11.8. The molecule has 1 saturated carbocycles. The van der Waals surface area contributed by atoms with Crippen molar-refractivity contribution >= 4 is 34.8 Å². The highest BCUT2D eigenvalue weighted by molar-refractivity contribution is 6.38. The van der Waals surface area contributed by atoms with Gasteiger partial charge >= 0.3 is 17.9 Å². The summed E-state index contributed by atoms with van der Waals surface area (Å²) in [6.07, 6.45) is 2.70. The second-order valence-corrected chi connectivity index (χ2v) is 8.84. The van der Waals surface area contributed by atoms with Crippen LogP contribution in [0.4, 0.5) is 0 Å². The van der Waals surface area contributed by atoms with Gasteiger partial charge in [-0.2, -0.15) is 0 Å². The van der Waals surface area contributed by atoms with Crippen LogP contribution in [0.2, 0.25) is 0 Å². The summed E-state index contributed by atoms with van der Waals surface area (Å²) >= 11 is 0. The molecule has 4 atom stereocenters. The van der Waals surface area contributed by atoms with Crippen molar-refractivity contribution in [1.82, 2.24) is 0 Å². The first-order chi connectivity index (χ1) is 17.3. The van der Waals surface area contributed by atoms with Crippen LogP contribution in [-0.2, 0) is 33.4 Å². The molecule has 0 aromatic heterocycles. The number of carbonyl (C=O) groups excluding carboxylic acids is 4. The van der Waals surface area contributed by atoms with Crippen LogP contribution in [0.15, 0.2) is 72.8 Å². The number of esters is 3. The van der Waals surface area contributed by atoms with Crippen molar-refractivity contribution in [2.45, 2.75) is 13.8 Å². The largest absolute Gasteiger partial charge is 0.468 e. The van der Waals surface area contributed by atoms with Gasteiger partial charge in [0.25, 0.3) is 0 Å². The fraction of sp³-hybridized carbons (Fsp3) is 0.310. The van der Waals surface area contributed by atoms with Crippen LogP contribution in [0, 0.1) is 22.7 Å². The average molecular weight is 489 g/mol. The Morgan fingerprint density at radius 1 is 0.833 bits per heavy atom. The molecule has 2 aliphatic carbocycles. The predicted molar refractivity (Wildman–Crippen MR) is 132 cm³/mol. The molecule has 2 aliphatic rings. The Morgan fingerprint density at radius 3 is 1.78 bits per heavy atom. The first-order valence-electron chi connectivity index (χ1n) is 11.8. The maximum atomic E-state index is 14.6. The molecule has 0 N–H and O–H groups in total. The number of Topliss-reactive ketones (excluding diaryl/α,β-unsaturated/α-hetero) is 1. The minimum absolute atomic E-state index is 0.171. The van der Waals surface area contributed by atoms with E-state index in [1.54, 1.807) is 62.4 Å². The molecule has 7 nitrogen and oxygen atoms in total. The third-order valence-corrected chi connectivity index (χ3v) is 7.34. The van der Waals surface area contributed by atoms with E-state index in [4.69, 9.17) is 14.2 Å². The van der Waals surface area contributed by atoms with Crippen molar-refractivity contribution in [2.24, 2.45) is 22.7 Å². The molecule has 2 aromatic carbocycles. The summed E-state index contributed by atoms with van der Waals surface area (Å²) in [6.45, 7) is 3.58. The fourth-order valence-corrected chi connectivity index (χ4v) is 6.00. The van der Waals surface area contributed by atoms with E-state index in [1.165, 1.54) is 26.4 Å². The summed E-state index contributed by atoms with van der Waals surface area (Å²) in [5.41, 5.74) is -1.64. The summed E-state index contributed by atoms with van der Waals surface area (Å²) in [4.78, 5) is 54.2. The molecule has 4 rings (SSSR count). The Hall–Kier alpha value is -4.00. The van der Waals surface area contributed by atoms with Crippen molar-refractivity contribution in [1.29, 1.82) is 0 Å². The first kappa shape index (κ1) is 25.1. The van der Waals surface area contributed by atoms with E-state index in [0.29, 0.717) is 22.3 Å². The smallest absolute Gasteiger partial charge is 0.330 e. The van der Waals surface area contributed by atoms with E-state index in [-0.39, 0.29) is 6.61 Å². The third-order valence-electron chi connectivity index (χ3n) is 7.34. The lowest BCUT2D eigenvalue weighted by Crippen LogP contribution is -2.43. The summed E-state index contributed by atoms with van der Waals surface area (Å²) < 4.78 is 15.5. The van der Waals surface area contributed by atoms with Crippen molar-refractivity contribution in [3.05, 3.63) is 83.9 Å². The van der Waals surface area contributed by atoms with Gasteiger partial charge in [-0.05, 0) is 35.1 Å². The molecule has 2 unspecified atom stereocenters. The number of ether oxygens (including phenoxy) is 3. The topological polar surface area (TPSA) is 96.0 Å². The van der Waals surface area contributed by atoms with Crippen LogP contribution < -0.4 is 0 Å². The Morgan fingerprint density at radius 2 is 1.31 bits per heavy atom. The molecule has 2 aromatic rings. The Bertz CT molecular complexity index is 1260. The molecular formula is C29H28O7. The number of benzene rings is 2. The third kappa shape index (κ3) is 3.26. The van der Waals surface area contributed by atoms with Crippen molar-refractivity contribution < 1.29 is 33.4 Å². The normalized spacial score (nSPS) is 26.8. The number of methoxy groups -OCH3 is 2. The molecule has 0 saturated heterocycles. The second kappa shape index (κ2) is 9.57. The Balaban J connectivity index is 2.16. The maximum Gasteiger partial charge on any atom is 0.330 e. The molecule has 0 radical (unpaired) electrons. The van der Waals surface area contributed by atoms with E-state index >= 15 is 0 Å². The number of hydrogen-bond donors (Lipinski definition) is 0. The fourth-order valence-electron chi connectivity index (χ4n) is 6.00. The molecule has 2 bridgehead atoms. The van der Waals surface area contributed by atoms with Gasteiger partial charge in [-0.3, -0.25) is 14.4 Å². The summed E-state index contributed by atoms with van der Waals surface area (Å²) in [7, 11) is 2.43. The van der Waals surface area contributed by atoms with Crippen molar-refractivity contribution in [3.8, 4) is 0 Å². The molecule has 0 aliphatic heterocycles.